The van der Waals surface area contributed by atoms with E-state index in [1.807, 2.05) is 26.0 Å². The maximum atomic E-state index is 9.65. The minimum atomic E-state index is -0.213. The minimum absolute atomic E-state index is 0.213. The van der Waals surface area contributed by atoms with E-state index in [2.05, 4.69) is 30.0 Å². The SMILES string of the molecule is CCOc1nc(Sc2ccc(N3CCC(O)CC3)nn2)nc2[nH]c(CC)c(Cl)c12. The molecule has 29 heavy (non-hydrogen) atoms. The average molecular weight is 435 g/mol. The molecule has 8 nitrogen and oxygen atoms in total. The van der Waals surface area contributed by atoms with Crippen molar-refractivity contribution in [3.05, 3.63) is 22.8 Å². The third-order valence-electron chi connectivity index (χ3n) is 4.85. The van der Waals surface area contributed by atoms with Crippen LogP contribution < -0.4 is 9.64 Å². The largest absolute Gasteiger partial charge is 0.477 e. The molecule has 0 bridgehead atoms. The summed E-state index contributed by atoms with van der Waals surface area (Å²) in [7, 11) is 0. The van der Waals surface area contributed by atoms with Crippen molar-refractivity contribution < 1.29 is 9.84 Å². The van der Waals surface area contributed by atoms with Crippen LogP contribution in [0.3, 0.4) is 0 Å². The van der Waals surface area contributed by atoms with E-state index in [0.717, 1.165) is 43.9 Å². The van der Waals surface area contributed by atoms with Gasteiger partial charge in [-0.05, 0) is 50.1 Å². The molecule has 0 atom stereocenters. The molecule has 1 aliphatic heterocycles. The minimum Gasteiger partial charge on any atom is -0.477 e. The van der Waals surface area contributed by atoms with Crippen molar-refractivity contribution in [3.8, 4) is 5.88 Å². The van der Waals surface area contributed by atoms with Gasteiger partial charge in [0.2, 0.25) is 5.88 Å². The van der Waals surface area contributed by atoms with Crippen molar-refractivity contribution in [1.82, 2.24) is 25.1 Å². The van der Waals surface area contributed by atoms with Crippen LogP contribution in [0, 0.1) is 0 Å². The topological polar surface area (TPSA) is 100 Å². The number of aliphatic hydroxyl groups is 1. The molecule has 10 heteroatoms. The summed E-state index contributed by atoms with van der Waals surface area (Å²) in [5.74, 6) is 1.29. The molecule has 4 heterocycles. The van der Waals surface area contributed by atoms with Gasteiger partial charge in [-0.25, -0.2) is 4.98 Å². The highest BCUT2D eigenvalue weighted by atomic mass is 35.5. The number of aryl methyl sites for hydroxylation is 1. The number of anilines is 1. The van der Waals surface area contributed by atoms with Crippen molar-refractivity contribution in [2.75, 3.05) is 24.6 Å². The molecular weight excluding hydrogens is 412 g/mol. The van der Waals surface area contributed by atoms with Crippen molar-refractivity contribution in [1.29, 1.82) is 0 Å². The van der Waals surface area contributed by atoms with Gasteiger partial charge in [-0.15, -0.1) is 10.2 Å². The Balaban J connectivity index is 1.57. The summed E-state index contributed by atoms with van der Waals surface area (Å²) < 4.78 is 5.71. The summed E-state index contributed by atoms with van der Waals surface area (Å²) >= 11 is 7.79. The van der Waals surface area contributed by atoms with E-state index in [4.69, 9.17) is 16.3 Å². The molecule has 3 aromatic heterocycles. The highest BCUT2D eigenvalue weighted by Crippen LogP contribution is 2.35. The number of fused-ring (bicyclic) bond motifs is 1. The first-order chi connectivity index (χ1) is 14.1. The second-order valence-electron chi connectivity index (χ2n) is 6.79. The third-order valence-corrected chi connectivity index (χ3v) is 6.06. The highest BCUT2D eigenvalue weighted by Gasteiger charge is 2.20. The average Bonchev–Trinajstić information content (AvgIpc) is 3.05. The normalized spacial score (nSPS) is 15.2. The van der Waals surface area contributed by atoms with Crippen LogP contribution in [0.4, 0.5) is 5.82 Å². The summed E-state index contributed by atoms with van der Waals surface area (Å²) in [6.07, 6.45) is 2.06. The van der Waals surface area contributed by atoms with Crippen LogP contribution >= 0.6 is 23.4 Å². The number of aromatic nitrogens is 5. The van der Waals surface area contributed by atoms with Gasteiger partial charge in [0.15, 0.2) is 11.0 Å². The Morgan fingerprint density at radius 3 is 2.69 bits per heavy atom. The Morgan fingerprint density at radius 1 is 1.24 bits per heavy atom. The summed E-state index contributed by atoms with van der Waals surface area (Å²) in [6.45, 7) is 5.99. The Labute approximate surface area is 178 Å². The Morgan fingerprint density at radius 2 is 2.03 bits per heavy atom. The van der Waals surface area contributed by atoms with E-state index < -0.39 is 0 Å². The van der Waals surface area contributed by atoms with Crippen molar-refractivity contribution in [3.63, 3.8) is 0 Å². The monoisotopic (exact) mass is 434 g/mol. The number of aromatic amines is 1. The fourth-order valence-electron chi connectivity index (χ4n) is 3.31. The predicted molar refractivity (Wildman–Crippen MR) is 113 cm³/mol. The van der Waals surface area contributed by atoms with Crippen molar-refractivity contribution >= 4 is 40.2 Å². The molecule has 0 amide bonds. The molecule has 3 aromatic rings. The second kappa shape index (κ2) is 8.73. The van der Waals surface area contributed by atoms with E-state index in [1.54, 1.807) is 0 Å². The van der Waals surface area contributed by atoms with Crippen LogP contribution in [0.15, 0.2) is 22.3 Å². The number of rotatable bonds is 6. The van der Waals surface area contributed by atoms with Gasteiger partial charge in [0.05, 0.1) is 23.1 Å². The summed E-state index contributed by atoms with van der Waals surface area (Å²) in [4.78, 5) is 14.5. The number of nitrogens with zero attached hydrogens (tertiary/aromatic N) is 5. The van der Waals surface area contributed by atoms with E-state index in [0.29, 0.717) is 38.7 Å². The Bertz CT molecular complexity index is 989. The standard InChI is InChI=1S/C19H23ClN6O2S/c1-3-12-16(20)15-17(21-12)22-19(23-18(15)28-4-2)29-14-6-5-13(24-25-14)26-9-7-11(27)8-10-26/h5-6,11,27H,3-4,7-10H2,1-2H3,(H,21,22,23). The van der Waals surface area contributed by atoms with E-state index in [1.165, 1.54) is 11.8 Å². The van der Waals surface area contributed by atoms with Gasteiger partial charge in [0, 0.05) is 18.8 Å². The van der Waals surface area contributed by atoms with Gasteiger partial charge in [-0.1, -0.05) is 18.5 Å². The summed E-state index contributed by atoms with van der Waals surface area (Å²) in [5.41, 5.74) is 1.57. The maximum absolute atomic E-state index is 9.65. The predicted octanol–water partition coefficient (Wildman–Crippen LogP) is 3.47. The molecule has 0 saturated carbocycles. The number of halogens is 1. The first-order valence-corrected chi connectivity index (χ1v) is 10.9. The molecule has 1 saturated heterocycles. The van der Waals surface area contributed by atoms with Crippen LogP contribution in [0.5, 0.6) is 5.88 Å². The van der Waals surface area contributed by atoms with E-state index in [-0.39, 0.29) is 6.10 Å². The lowest BCUT2D eigenvalue weighted by molar-refractivity contribution is 0.145. The number of hydrogen-bond acceptors (Lipinski definition) is 8. The van der Waals surface area contributed by atoms with Gasteiger partial charge >= 0.3 is 0 Å². The fraction of sp³-hybridized carbons (Fsp3) is 0.474. The Kier molecular flexibility index (Phi) is 6.07. The zero-order valence-corrected chi connectivity index (χ0v) is 17.9. The zero-order valence-electron chi connectivity index (χ0n) is 16.4. The van der Waals surface area contributed by atoms with E-state index >= 15 is 0 Å². The zero-order chi connectivity index (χ0) is 20.4. The third kappa shape index (κ3) is 4.26. The van der Waals surface area contributed by atoms with Crippen LogP contribution in [0.25, 0.3) is 11.0 Å². The smallest absolute Gasteiger partial charge is 0.228 e. The molecule has 0 spiro atoms. The van der Waals surface area contributed by atoms with Crippen LogP contribution in [0.2, 0.25) is 5.02 Å². The second-order valence-corrected chi connectivity index (χ2v) is 8.15. The first kappa shape index (κ1) is 20.2. The number of H-pyrrole nitrogens is 1. The number of nitrogens with one attached hydrogen (secondary N) is 1. The molecule has 1 aliphatic rings. The van der Waals surface area contributed by atoms with Crippen LogP contribution in [-0.4, -0.2) is 56.1 Å². The van der Waals surface area contributed by atoms with Crippen molar-refractivity contribution in [2.24, 2.45) is 0 Å². The van der Waals surface area contributed by atoms with Crippen LogP contribution in [0.1, 0.15) is 32.4 Å². The fourth-order valence-corrected chi connectivity index (χ4v) is 4.33. The van der Waals surface area contributed by atoms with Gasteiger partial charge in [-0.2, -0.15) is 4.98 Å². The molecular formula is C19H23ClN6O2S. The molecule has 1 fully saturated rings. The van der Waals surface area contributed by atoms with Gasteiger partial charge in [-0.3, -0.25) is 0 Å². The number of hydrogen-bond donors (Lipinski definition) is 2. The molecule has 4 rings (SSSR count). The van der Waals surface area contributed by atoms with Gasteiger partial charge in [0.1, 0.15) is 10.7 Å². The number of aliphatic hydroxyl groups excluding tert-OH is 1. The quantitative estimate of drug-likeness (QED) is 0.569. The van der Waals surface area contributed by atoms with Gasteiger partial charge in [0.25, 0.3) is 0 Å². The molecule has 0 radical (unpaired) electrons. The highest BCUT2D eigenvalue weighted by molar-refractivity contribution is 7.99. The number of ether oxygens (including phenoxy) is 1. The van der Waals surface area contributed by atoms with Crippen LogP contribution in [-0.2, 0) is 6.42 Å². The van der Waals surface area contributed by atoms with E-state index in [9.17, 15) is 5.11 Å². The first-order valence-electron chi connectivity index (χ1n) is 9.74. The summed E-state index contributed by atoms with van der Waals surface area (Å²) in [6, 6.07) is 3.85. The molecule has 0 aliphatic carbocycles. The molecule has 2 N–H and O–H groups in total. The lowest BCUT2D eigenvalue weighted by Crippen LogP contribution is -2.36. The Hall–Kier alpha value is -2.10. The molecule has 0 unspecified atom stereocenters. The lowest BCUT2D eigenvalue weighted by Gasteiger charge is -2.30. The lowest BCUT2D eigenvalue weighted by atomic mass is 10.1. The number of piperidine rings is 1. The van der Waals surface area contributed by atoms with Crippen molar-refractivity contribution in [2.45, 2.75) is 49.4 Å². The summed E-state index contributed by atoms with van der Waals surface area (Å²) in [5, 5.41) is 20.8. The van der Waals surface area contributed by atoms with Gasteiger partial charge < -0.3 is 19.7 Å². The maximum Gasteiger partial charge on any atom is 0.228 e. The molecule has 0 aromatic carbocycles. The molecule has 154 valence electrons.